The molecular formula is C29H31F3N4O4. The van der Waals surface area contributed by atoms with Crippen molar-refractivity contribution in [2.75, 3.05) is 18.8 Å². The van der Waals surface area contributed by atoms with E-state index in [9.17, 15) is 27.9 Å². The quantitative estimate of drug-likeness (QED) is 0.468. The zero-order valence-corrected chi connectivity index (χ0v) is 21.8. The van der Waals surface area contributed by atoms with Crippen molar-refractivity contribution < 1.29 is 27.8 Å². The highest BCUT2D eigenvalue weighted by molar-refractivity contribution is 5.80. The first-order valence-corrected chi connectivity index (χ1v) is 13.3. The van der Waals surface area contributed by atoms with Crippen molar-refractivity contribution in [3.63, 3.8) is 0 Å². The van der Waals surface area contributed by atoms with Crippen LogP contribution in [0.3, 0.4) is 0 Å². The number of hydrogen-bond donors (Lipinski definition) is 2. The summed E-state index contributed by atoms with van der Waals surface area (Å²) in [7, 11) is 0. The first-order chi connectivity index (χ1) is 19.1. The third-order valence-corrected chi connectivity index (χ3v) is 7.92. The van der Waals surface area contributed by atoms with E-state index in [1.807, 2.05) is 6.07 Å². The number of nitrogens with two attached hydrogens (primary N) is 1. The lowest BCUT2D eigenvalue weighted by atomic mass is 9.73. The molecule has 8 nitrogen and oxygen atoms in total. The van der Waals surface area contributed by atoms with Crippen LogP contribution in [-0.2, 0) is 11.3 Å². The zero-order valence-electron chi connectivity index (χ0n) is 21.8. The molecule has 2 fully saturated rings. The van der Waals surface area contributed by atoms with Gasteiger partial charge in [0.15, 0.2) is 17.3 Å². The van der Waals surface area contributed by atoms with E-state index in [1.54, 1.807) is 35.2 Å². The summed E-state index contributed by atoms with van der Waals surface area (Å²) in [5, 5.41) is 11.2. The molecule has 11 heteroatoms. The lowest BCUT2D eigenvalue weighted by molar-refractivity contribution is -0.145. The number of hydrogen-bond acceptors (Lipinski definition) is 6. The summed E-state index contributed by atoms with van der Waals surface area (Å²) in [6, 6.07) is 14.6. The number of rotatable bonds is 6. The van der Waals surface area contributed by atoms with Crippen LogP contribution in [0, 0.1) is 11.7 Å². The second-order valence-corrected chi connectivity index (χ2v) is 10.7. The molecule has 5 rings (SSSR count). The van der Waals surface area contributed by atoms with Crippen LogP contribution in [-0.4, -0.2) is 50.1 Å². The Morgan fingerprint density at radius 3 is 2.45 bits per heavy atom. The number of benzene rings is 2. The summed E-state index contributed by atoms with van der Waals surface area (Å²) < 4.78 is 49.1. The number of amides is 1. The van der Waals surface area contributed by atoms with Gasteiger partial charge in [-0.05, 0) is 37.0 Å². The number of para-hydroxylation sites is 1. The second kappa shape index (κ2) is 11.0. The summed E-state index contributed by atoms with van der Waals surface area (Å²) in [6.07, 6.45) is 0.914. The van der Waals surface area contributed by atoms with E-state index in [0.29, 0.717) is 0 Å². The molecule has 40 heavy (non-hydrogen) atoms. The van der Waals surface area contributed by atoms with Gasteiger partial charge in [0.1, 0.15) is 6.33 Å². The summed E-state index contributed by atoms with van der Waals surface area (Å²) in [5.74, 6) is -5.18. The number of halogens is 3. The minimum atomic E-state index is -2.82. The smallest absolute Gasteiger partial charge is 0.280 e. The molecule has 3 aromatic rings. The van der Waals surface area contributed by atoms with Crippen LogP contribution in [0.5, 0.6) is 11.6 Å². The lowest BCUT2D eigenvalue weighted by Crippen LogP contribution is -2.52. The fourth-order valence-corrected chi connectivity index (χ4v) is 5.65. The Kier molecular flexibility index (Phi) is 7.59. The molecule has 2 heterocycles. The molecule has 212 valence electrons. The highest BCUT2D eigenvalue weighted by Crippen LogP contribution is 2.46. The topological polar surface area (TPSA) is 111 Å². The molecule has 0 radical (unpaired) electrons. The standard InChI is InChI=1S/C29H31F3N4O4/c30-22-8-4-5-9-23(22)40-25-24(33)27(38)36(18-34-25)17-28(39)12-14-35(15-13-28)26(37)20-10-11-29(31,32)16-21(20)19-6-2-1-3-7-19/h1-9,18,20-21,39H,10-17,33H2/t20-,21+/m1/s1. The van der Waals surface area contributed by atoms with Crippen molar-refractivity contribution in [1.29, 1.82) is 0 Å². The average molecular weight is 557 g/mol. The second-order valence-electron chi connectivity index (χ2n) is 10.7. The molecule has 2 atom stereocenters. The molecule has 0 unspecified atom stereocenters. The van der Waals surface area contributed by atoms with E-state index in [2.05, 4.69) is 4.98 Å². The fraction of sp³-hybridized carbons (Fsp3) is 0.414. The maximum Gasteiger partial charge on any atom is 0.280 e. The Hall–Kier alpha value is -3.86. The Balaban J connectivity index is 1.25. The van der Waals surface area contributed by atoms with E-state index in [4.69, 9.17) is 10.5 Å². The maximum atomic E-state index is 14.3. The molecular weight excluding hydrogens is 525 g/mol. The summed E-state index contributed by atoms with van der Waals surface area (Å²) >= 11 is 0. The van der Waals surface area contributed by atoms with Crippen LogP contribution in [0.15, 0.2) is 65.7 Å². The number of likely N-dealkylation sites (tertiary alicyclic amines) is 1. The third-order valence-electron chi connectivity index (χ3n) is 7.92. The van der Waals surface area contributed by atoms with Gasteiger partial charge in [-0.2, -0.15) is 0 Å². The fourth-order valence-electron chi connectivity index (χ4n) is 5.65. The number of alkyl halides is 2. The number of piperidine rings is 1. The van der Waals surface area contributed by atoms with Crippen molar-refractivity contribution in [2.24, 2.45) is 5.92 Å². The largest absolute Gasteiger partial charge is 0.434 e. The van der Waals surface area contributed by atoms with Gasteiger partial charge in [0, 0.05) is 37.8 Å². The molecule has 0 spiro atoms. The van der Waals surface area contributed by atoms with E-state index < -0.39 is 34.7 Å². The minimum absolute atomic E-state index is 0.0911. The lowest BCUT2D eigenvalue weighted by Gasteiger charge is -2.42. The van der Waals surface area contributed by atoms with E-state index in [1.165, 1.54) is 24.5 Å². The predicted molar refractivity (Wildman–Crippen MR) is 142 cm³/mol. The first kappa shape index (κ1) is 27.7. The van der Waals surface area contributed by atoms with Crippen molar-refractivity contribution in [2.45, 2.75) is 56.1 Å². The molecule has 2 aromatic carbocycles. The molecule has 1 aliphatic heterocycles. The van der Waals surface area contributed by atoms with Crippen LogP contribution < -0.4 is 16.0 Å². The van der Waals surface area contributed by atoms with Gasteiger partial charge in [-0.15, -0.1) is 0 Å². The number of ether oxygens (including phenoxy) is 1. The van der Waals surface area contributed by atoms with Crippen molar-refractivity contribution in [1.82, 2.24) is 14.5 Å². The van der Waals surface area contributed by atoms with Gasteiger partial charge in [0.25, 0.3) is 5.56 Å². The van der Waals surface area contributed by atoms with Crippen LogP contribution in [0.25, 0.3) is 0 Å². The summed E-state index contributed by atoms with van der Waals surface area (Å²) in [5.41, 5.74) is 4.35. The molecule has 2 aliphatic rings. The van der Waals surface area contributed by atoms with E-state index in [0.717, 1.165) is 10.1 Å². The van der Waals surface area contributed by atoms with Gasteiger partial charge in [-0.1, -0.05) is 42.5 Å². The molecule has 3 N–H and O–H groups in total. The van der Waals surface area contributed by atoms with Crippen molar-refractivity contribution in [3.8, 4) is 11.6 Å². The predicted octanol–water partition coefficient (Wildman–Crippen LogP) is 4.33. The minimum Gasteiger partial charge on any atom is -0.434 e. The monoisotopic (exact) mass is 556 g/mol. The van der Waals surface area contributed by atoms with Crippen molar-refractivity contribution in [3.05, 3.63) is 82.7 Å². The highest BCUT2D eigenvalue weighted by atomic mass is 19.3. The van der Waals surface area contributed by atoms with Gasteiger partial charge < -0.3 is 20.5 Å². The molecule has 1 aliphatic carbocycles. The summed E-state index contributed by atoms with van der Waals surface area (Å²) in [6.45, 7) is 0.319. The van der Waals surface area contributed by atoms with Gasteiger partial charge in [0.2, 0.25) is 17.7 Å². The van der Waals surface area contributed by atoms with Crippen LogP contribution in [0.1, 0.15) is 43.6 Å². The normalized spacial score (nSPS) is 22.1. The Bertz CT molecular complexity index is 1420. The maximum absolute atomic E-state index is 14.3. The van der Waals surface area contributed by atoms with Gasteiger partial charge in [0.05, 0.1) is 12.1 Å². The number of nitrogen functional groups attached to an aromatic ring is 1. The SMILES string of the molecule is Nc1c(Oc2ccccc2F)ncn(CC2(O)CCN(C(=O)[C@@H]3CCC(F)(F)C[C@H]3c3ccccc3)CC2)c1=O. The van der Waals surface area contributed by atoms with Crippen molar-refractivity contribution >= 4 is 11.6 Å². The van der Waals surface area contributed by atoms with Crippen LogP contribution >= 0.6 is 0 Å². The van der Waals surface area contributed by atoms with Gasteiger partial charge in [-0.3, -0.25) is 14.2 Å². The Labute approximate surface area is 229 Å². The summed E-state index contributed by atoms with van der Waals surface area (Å²) in [4.78, 5) is 32.0. The van der Waals surface area contributed by atoms with E-state index in [-0.39, 0.29) is 75.0 Å². The first-order valence-electron chi connectivity index (χ1n) is 13.3. The molecule has 0 bridgehead atoms. The molecule has 1 amide bonds. The number of aromatic nitrogens is 2. The Morgan fingerprint density at radius 1 is 1.07 bits per heavy atom. The number of carbonyl (C=O) groups is 1. The molecule has 1 saturated heterocycles. The van der Waals surface area contributed by atoms with Crippen LogP contribution in [0.4, 0.5) is 18.9 Å². The highest BCUT2D eigenvalue weighted by Gasteiger charge is 2.46. The number of anilines is 1. The number of carbonyl (C=O) groups excluding carboxylic acids is 1. The number of aliphatic hydroxyl groups is 1. The van der Waals surface area contributed by atoms with Gasteiger partial charge in [-0.25, -0.2) is 18.2 Å². The zero-order chi connectivity index (χ0) is 28.5. The number of nitrogens with zero attached hydrogens (tertiary/aromatic N) is 3. The Morgan fingerprint density at radius 2 is 1.75 bits per heavy atom. The molecule has 1 saturated carbocycles. The average Bonchev–Trinajstić information content (AvgIpc) is 2.94. The van der Waals surface area contributed by atoms with Crippen LogP contribution in [0.2, 0.25) is 0 Å². The molecule has 1 aromatic heterocycles. The van der Waals surface area contributed by atoms with E-state index >= 15 is 0 Å². The third kappa shape index (κ3) is 5.84. The van der Waals surface area contributed by atoms with Gasteiger partial charge >= 0.3 is 0 Å².